The molecule has 3 aromatic rings. The third-order valence-corrected chi connectivity index (χ3v) is 5.05. The maximum Gasteiger partial charge on any atom is 0.341 e. The Bertz CT molecular complexity index is 1170. The topological polar surface area (TPSA) is 140 Å². The van der Waals surface area contributed by atoms with Crippen LogP contribution in [-0.4, -0.2) is 41.3 Å². The molecule has 0 bridgehead atoms. The Kier molecular flexibility index (Phi) is 6.78. The highest BCUT2D eigenvalue weighted by Crippen LogP contribution is 2.29. The summed E-state index contributed by atoms with van der Waals surface area (Å²) in [5.41, 5.74) is 2.96. The number of nitro groups is 1. The molecule has 11 heteroatoms. The Labute approximate surface area is 179 Å². The number of fused-ring (bicyclic) bond motifs is 1. The first-order chi connectivity index (χ1) is 14.9. The molecule has 3 rings (SSSR count). The van der Waals surface area contributed by atoms with E-state index in [1.165, 1.54) is 29.7 Å². The van der Waals surface area contributed by atoms with Crippen molar-refractivity contribution in [3.8, 4) is 11.5 Å². The first-order valence-electron chi connectivity index (χ1n) is 9.00. The quantitative estimate of drug-likeness (QED) is 0.293. The van der Waals surface area contributed by atoms with E-state index in [1.807, 2.05) is 0 Å². The summed E-state index contributed by atoms with van der Waals surface area (Å²) in [6.45, 7) is 1.63. The Morgan fingerprint density at radius 2 is 2.00 bits per heavy atom. The lowest BCUT2D eigenvalue weighted by molar-refractivity contribution is -0.384. The molecule has 160 valence electrons. The second kappa shape index (κ2) is 9.67. The van der Waals surface area contributed by atoms with E-state index in [1.54, 1.807) is 37.3 Å². The van der Waals surface area contributed by atoms with Crippen LogP contribution in [0.4, 0.5) is 5.69 Å². The number of carboxylic acid groups (broad SMARTS) is 1. The maximum absolute atomic E-state index is 12.3. The highest BCUT2D eigenvalue weighted by molar-refractivity contribution is 7.20. The number of nitrogens with zero attached hydrogens (tertiary/aromatic N) is 2. The lowest BCUT2D eigenvalue weighted by atomic mass is 10.2. The van der Waals surface area contributed by atoms with Crippen LogP contribution in [0.2, 0.25) is 0 Å². The van der Waals surface area contributed by atoms with E-state index in [4.69, 9.17) is 14.6 Å². The van der Waals surface area contributed by atoms with Crippen LogP contribution in [0.5, 0.6) is 11.5 Å². The number of thiophene rings is 1. The first kappa shape index (κ1) is 21.7. The number of rotatable bonds is 9. The van der Waals surface area contributed by atoms with Crippen LogP contribution in [-0.2, 0) is 4.79 Å². The van der Waals surface area contributed by atoms with E-state index in [9.17, 15) is 19.7 Å². The van der Waals surface area contributed by atoms with Crippen molar-refractivity contribution in [1.82, 2.24) is 5.43 Å². The van der Waals surface area contributed by atoms with Crippen LogP contribution in [0.25, 0.3) is 10.1 Å². The van der Waals surface area contributed by atoms with Crippen molar-refractivity contribution in [2.24, 2.45) is 5.10 Å². The second-order valence-corrected chi connectivity index (χ2v) is 7.19. The van der Waals surface area contributed by atoms with Crippen molar-refractivity contribution >= 4 is 45.2 Å². The van der Waals surface area contributed by atoms with Crippen LogP contribution in [0.1, 0.15) is 22.2 Å². The fraction of sp³-hybridized carbons (Fsp3) is 0.150. The summed E-state index contributed by atoms with van der Waals surface area (Å²) in [7, 11) is 0. The average molecular weight is 443 g/mol. The van der Waals surface area contributed by atoms with E-state index in [0.29, 0.717) is 28.2 Å². The SMILES string of the molecule is CCOc1cc(/C=N\NC(=O)c2cc3cc([N+](=O)[O-])ccc3s2)ccc1OCC(=O)O. The Hall–Kier alpha value is -3.99. The predicted molar refractivity (Wildman–Crippen MR) is 114 cm³/mol. The highest BCUT2D eigenvalue weighted by Gasteiger charge is 2.13. The minimum atomic E-state index is -1.10. The Morgan fingerprint density at radius 1 is 1.19 bits per heavy atom. The summed E-state index contributed by atoms with van der Waals surface area (Å²) < 4.78 is 11.4. The monoisotopic (exact) mass is 443 g/mol. The number of non-ortho nitro benzene ring substituents is 1. The van der Waals surface area contributed by atoms with Gasteiger partial charge in [0.15, 0.2) is 18.1 Å². The molecule has 1 amide bonds. The fourth-order valence-electron chi connectivity index (χ4n) is 2.61. The summed E-state index contributed by atoms with van der Waals surface area (Å²) in [4.78, 5) is 33.8. The number of hydrogen-bond donors (Lipinski definition) is 2. The number of hydrazone groups is 1. The molecule has 0 aliphatic rings. The molecule has 31 heavy (non-hydrogen) atoms. The van der Waals surface area contributed by atoms with Crippen molar-refractivity contribution in [3.63, 3.8) is 0 Å². The van der Waals surface area contributed by atoms with Gasteiger partial charge in [-0.15, -0.1) is 11.3 Å². The molecule has 0 spiro atoms. The Morgan fingerprint density at radius 3 is 2.71 bits per heavy atom. The number of carbonyl (C=O) groups is 2. The largest absolute Gasteiger partial charge is 0.490 e. The first-order valence-corrected chi connectivity index (χ1v) is 9.82. The molecule has 2 N–H and O–H groups in total. The van der Waals surface area contributed by atoms with E-state index >= 15 is 0 Å². The molecule has 1 aromatic heterocycles. The van der Waals surface area contributed by atoms with Crippen LogP contribution in [0.3, 0.4) is 0 Å². The number of nitrogens with one attached hydrogen (secondary N) is 1. The lowest BCUT2D eigenvalue weighted by Gasteiger charge is -2.11. The molecule has 2 aromatic carbocycles. The molecular weight excluding hydrogens is 426 g/mol. The van der Waals surface area contributed by atoms with Gasteiger partial charge in [0.1, 0.15) is 0 Å². The molecule has 0 atom stereocenters. The highest BCUT2D eigenvalue weighted by atomic mass is 32.1. The molecule has 0 fully saturated rings. The zero-order valence-electron chi connectivity index (χ0n) is 16.2. The number of ether oxygens (including phenoxy) is 2. The van der Waals surface area contributed by atoms with Gasteiger partial charge in [0.25, 0.3) is 11.6 Å². The van der Waals surface area contributed by atoms with E-state index in [2.05, 4.69) is 10.5 Å². The normalized spacial score (nSPS) is 10.9. The summed E-state index contributed by atoms with van der Waals surface area (Å²) in [6, 6.07) is 10.8. The summed E-state index contributed by atoms with van der Waals surface area (Å²) in [5.74, 6) is -0.923. The van der Waals surface area contributed by atoms with Gasteiger partial charge in [-0.3, -0.25) is 14.9 Å². The Balaban J connectivity index is 1.70. The fourth-order valence-corrected chi connectivity index (χ4v) is 3.54. The molecular formula is C20H17N3O7S. The van der Waals surface area contributed by atoms with Gasteiger partial charge in [-0.05, 0) is 42.8 Å². The van der Waals surface area contributed by atoms with Gasteiger partial charge in [0, 0.05) is 22.2 Å². The third-order valence-electron chi connectivity index (χ3n) is 3.93. The molecule has 0 radical (unpaired) electrons. The predicted octanol–water partition coefficient (Wildman–Crippen LogP) is 3.44. The van der Waals surface area contributed by atoms with Crippen molar-refractivity contribution in [1.29, 1.82) is 0 Å². The minimum Gasteiger partial charge on any atom is -0.490 e. The van der Waals surface area contributed by atoms with Crippen molar-refractivity contribution in [3.05, 3.63) is 63.0 Å². The number of hydrogen-bond acceptors (Lipinski definition) is 8. The molecule has 0 unspecified atom stereocenters. The van der Waals surface area contributed by atoms with E-state index in [-0.39, 0.29) is 11.4 Å². The smallest absolute Gasteiger partial charge is 0.341 e. The summed E-state index contributed by atoms with van der Waals surface area (Å²) in [5, 5.41) is 24.1. The number of carbonyl (C=O) groups excluding carboxylic acids is 1. The maximum atomic E-state index is 12.3. The second-order valence-electron chi connectivity index (χ2n) is 6.11. The molecule has 0 aliphatic heterocycles. The number of aliphatic carboxylic acids is 1. The minimum absolute atomic E-state index is 0.0452. The molecule has 10 nitrogen and oxygen atoms in total. The summed E-state index contributed by atoms with van der Waals surface area (Å²) >= 11 is 1.20. The van der Waals surface area contributed by atoms with Gasteiger partial charge in [0.2, 0.25) is 0 Å². The number of nitro benzene ring substituents is 1. The number of amides is 1. The van der Waals surface area contributed by atoms with Crippen molar-refractivity contribution in [2.45, 2.75) is 6.92 Å². The standard InChI is InChI=1S/C20H17N3O7S/c1-2-29-16-7-12(3-5-15(16)30-11-19(24)25)10-21-22-20(26)18-9-13-8-14(23(27)28)4-6-17(13)31-18/h3-10H,2,11H2,1H3,(H,22,26)(H,24,25)/b21-10-. The zero-order chi connectivity index (χ0) is 22.4. The van der Waals surface area contributed by atoms with Crippen LogP contribution in [0.15, 0.2) is 47.6 Å². The van der Waals surface area contributed by atoms with Crippen LogP contribution < -0.4 is 14.9 Å². The van der Waals surface area contributed by atoms with Gasteiger partial charge in [0.05, 0.1) is 22.6 Å². The third kappa shape index (κ3) is 5.54. The van der Waals surface area contributed by atoms with Gasteiger partial charge >= 0.3 is 5.97 Å². The zero-order valence-corrected chi connectivity index (χ0v) is 17.0. The molecule has 0 saturated heterocycles. The molecule has 0 saturated carbocycles. The van der Waals surface area contributed by atoms with Crippen LogP contribution in [0, 0.1) is 10.1 Å². The van der Waals surface area contributed by atoms with Gasteiger partial charge in [-0.2, -0.15) is 5.10 Å². The van der Waals surface area contributed by atoms with Gasteiger partial charge in [-0.1, -0.05) is 0 Å². The van der Waals surface area contributed by atoms with Crippen molar-refractivity contribution in [2.75, 3.05) is 13.2 Å². The number of benzene rings is 2. The molecule has 1 heterocycles. The van der Waals surface area contributed by atoms with Gasteiger partial charge < -0.3 is 14.6 Å². The number of carboxylic acids is 1. The molecule has 0 aliphatic carbocycles. The van der Waals surface area contributed by atoms with Gasteiger partial charge in [-0.25, -0.2) is 10.2 Å². The van der Waals surface area contributed by atoms with Crippen LogP contribution >= 0.6 is 11.3 Å². The van der Waals surface area contributed by atoms with E-state index < -0.39 is 23.4 Å². The summed E-state index contributed by atoms with van der Waals surface area (Å²) in [6.07, 6.45) is 1.40. The average Bonchev–Trinajstić information content (AvgIpc) is 3.16. The lowest BCUT2D eigenvalue weighted by Crippen LogP contribution is -2.16. The van der Waals surface area contributed by atoms with E-state index in [0.717, 1.165) is 4.70 Å². The van der Waals surface area contributed by atoms with Crippen molar-refractivity contribution < 1.29 is 29.1 Å².